The minimum atomic E-state index is -4.52. The van der Waals surface area contributed by atoms with E-state index in [1.807, 2.05) is 0 Å². The van der Waals surface area contributed by atoms with Crippen molar-refractivity contribution in [1.82, 2.24) is 0 Å². The number of unbranched alkanes of at least 4 members (excludes halogenated alkanes) is 1. The Hall–Kier alpha value is -0.440. The summed E-state index contributed by atoms with van der Waals surface area (Å²) in [5, 5.41) is 18.5. The number of benzene rings is 1. The van der Waals surface area contributed by atoms with E-state index in [9.17, 15) is 23.4 Å². The Kier molecular flexibility index (Phi) is 13.5. The van der Waals surface area contributed by atoms with Crippen LogP contribution in [0, 0.1) is 5.92 Å². The molecule has 0 amide bonds. The number of halogens is 3. The molecule has 0 heterocycles. The molecule has 1 unspecified atom stereocenters. The van der Waals surface area contributed by atoms with Gasteiger partial charge in [0.25, 0.3) is 0 Å². The molecule has 0 aliphatic rings. The predicted molar refractivity (Wildman–Crippen MR) is 118 cm³/mol. The molecular formula is C23H37F3InNO3. The van der Waals surface area contributed by atoms with Gasteiger partial charge in [-0.25, -0.2) is 0 Å². The third-order valence-electron chi connectivity index (χ3n) is 5.69. The molecule has 0 aromatic heterocycles. The van der Waals surface area contributed by atoms with Crippen molar-refractivity contribution >= 4 is 24.4 Å². The Morgan fingerprint density at radius 2 is 1.71 bits per heavy atom. The van der Waals surface area contributed by atoms with Crippen LogP contribution in [0.3, 0.4) is 0 Å². The molecule has 1 aromatic rings. The Morgan fingerprint density at radius 1 is 1.06 bits per heavy atom. The first-order valence-corrected chi connectivity index (χ1v) is 13.6. The van der Waals surface area contributed by atoms with Gasteiger partial charge in [0.1, 0.15) is 0 Å². The molecule has 0 aliphatic carbocycles. The van der Waals surface area contributed by atoms with Crippen LogP contribution in [0.15, 0.2) is 18.2 Å². The second-order valence-corrected chi connectivity index (χ2v) is 10.1. The van der Waals surface area contributed by atoms with Crippen molar-refractivity contribution in [3.63, 3.8) is 0 Å². The van der Waals surface area contributed by atoms with Gasteiger partial charge in [0.15, 0.2) is 0 Å². The zero-order valence-corrected chi connectivity index (χ0v) is 21.9. The third kappa shape index (κ3) is 10.8. The monoisotopic (exact) mass is 547 g/mol. The summed E-state index contributed by atoms with van der Waals surface area (Å²) in [5.41, 5.74) is 4.26. The number of rotatable bonds is 16. The van der Waals surface area contributed by atoms with Crippen LogP contribution >= 0.6 is 0 Å². The number of hydrogen-bond donors (Lipinski definition) is 3. The van der Waals surface area contributed by atoms with Crippen LogP contribution in [0.25, 0.3) is 0 Å². The van der Waals surface area contributed by atoms with Crippen molar-refractivity contribution in [1.29, 1.82) is 0 Å². The third-order valence-corrected chi connectivity index (χ3v) is 6.85. The van der Waals surface area contributed by atoms with Gasteiger partial charge in [-0.15, -0.1) is 0 Å². The van der Waals surface area contributed by atoms with E-state index in [0.717, 1.165) is 25.3 Å². The van der Waals surface area contributed by atoms with Gasteiger partial charge in [0.05, 0.1) is 18.8 Å². The Labute approximate surface area is 199 Å². The Bertz CT molecular complexity index is 617. The SMILES string of the molecule is CCCCC(CC[CH2][In])CCCOc1ccc(CCC(N)(CO)CO)cc1C(F)(F)F. The van der Waals surface area contributed by atoms with Gasteiger partial charge in [-0.2, -0.15) is 0 Å². The van der Waals surface area contributed by atoms with Gasteiger partial charge in [0, 0.05) is 0 Å². The fraction of sp³-hybridized carbons (Fsp3) is 0.739. The van der Waals surface area contributed by atoms with E-state index in [4.69, 9.17) is 10.5 Å². The summed E-state index contributed by atoms with van der Waals surface area (Å²) < 4.78 is 47.5. The number of alkyl halides is 3. The van der Waals surface area contributed by atoms with Crippen molar-refractivity contribution in [2.24, 2.45) is 11.7 Å². The average molecular weight is 547 g/mol. The van der Waals surface area contributed by atoms with Gasteiger partial charge in [-0.3, -0.25) is 0 Å². The zero-order chi connectivity index (χ0) is 23.3. The molecule has 0 fully saturated rings. The summed E-state index contributed by atoms with van der Waals surface area (Å²) in [6, 6.07) is 4.04. The first-order valence-electron chi connectivity index (χ1n) is 11.2. The molecule has 0 saturated carbocycles. The van der Waals surface area contributed by atoms with Crippen molar-refractivity contribution < 1.29 is 28.1 Å². The van der Waals surface area contributed by atoms with Crippen LogP contribution in [0.2, 0.25) is 4.18 Å². The van der Waals surface area contributed by atoms with Gasteiger partial charge < -0.3 is 15.9 Å². The van der Waals surface area contributed by atoms with Crippen LogP contribution in [0.4, 0.5) is 13.2 Å². The fourth-order valence-corrected chi connectivity index (χ4v) is 4.24. The normalized spacial score (nSPS) is 13.4. The van der Waals surface area contributed by atoms with E-state index in [0.29, 0.717) is 11.5 Å². The molecule has 0 spiro atoms. The van der Waals surface area contributed by atoms with E-state index in [2.05, 4.69) is 6.92 Å². The van der Waals surface area contributed by atoms with Crippen molar-refractivity contribution in [2.45, 2.75) is 80.6 Å². The molecular weight excluding hydrogens is 510 g/mol. The molecule has 0 bridgehead atoms. The first kappa shape index (κ1) is 28.6. The van der Waals surface area contributed by atoms with Crippen LogP contribution in [0.5, 0.6) is 5.75 Å². The quantitative estimate of drug-likeness (QED) is 0.264. The Morgan fingerprint density at radius 3 is 2.29 bits per heavy atom. The van der Waals surface area contributed by atoms with Crippen molar-refractivity contribution in [3.05, 3.63) is 29.3 Å². The standard InChI is InChI=1S/C23H37F3NO3.In/c1-3-5-8-18(7-4-2)9-6-14-30-21-11-10-19(15-20(21)23(24,25)26)12-13-22(27,16-28)17-29;/h10-11,15,18,28-29H,2-9,12-14,16-17,27H2,1H3;. The fourth-order valence-electron chi connectivity index (χ4n) is 3.57. The van der Waals surface area contributed by atoms with Gasteiger partial charge >= 0.3 is 152 Å². The average Bonchev–Trinajstić information content (AvgIpc) is 2.76. The molecule has 4 N–H and O–H groups in total. The summed E-state index contributed by atoms with van der Waals surface area (Å²) in [7, 11) is 0. The minimum absolute atomic E-state index is 0.149. The topological polar surface area (TPSA) is 75.7 Å². The number of ether oxygens (including phenoxy) is 1. The maximum atomic E-state index is 13.6. The summed E-state index contributed by atoms with van der Waals surface area (Å²) in [6.45, 7) is 1.58. The van der Waals surface area contributed by atoms with E-state index in [-0.39, 0.29) is 25.2 Å². The molecule has 0 aliphatic heterocycles. The number of nitrogens with two attached hydrogens (primary N) is 1. The number of aryl methyl sites for hydroxylation is 1. The van der Waals surface area contributed by atoms with E-state index < -0.39 is 30.5 Å². The summed E-state index contributed by atoms with van der Waals surface area (Å²) in [4.78, 5) is 0. The molecule has 4 nitrogen and oxygen atoms in total. The number of hydrogen-bond acceptors (Lipinski definition) is 4. The molecule has 8 heteroatoms. The van der Waals surface area contributed by atoms with Gasteiger partial charge in [-0.05, 0) is 12.8 Å². The second-order valence-electron chi connectivity index (χ2n) is 8.44. The molecule has 1 atom stereocenters. The molecule has 176 valence electrons. The number of aliphatic hydroxyl groups is 2. The second kappa shape index (κ2) is 14.7. The predicted octanol–water partition coefficient (Wildman–Crippen LogP) is 4.65. The number of aliphatic hydroxyl groups excluding tert-OH is 2. The maximum absolute atomic E-state index is 13.6. The molecule has 2 radical (unpaired) electrons. The zero-order valence-electron chi connectivity index (χ0n) is 18.6. The molecule has 0 saturated heterocycles. The molecule has 31 heavy (non-hydrogen) atoms. The van der Waals surface area contributed by atoms with E-state index in [1.54, 1.807) is 6.07 Å². The first-order chi connectivity index (χ1) is 14.7. The van der Waals surface area contributed by atoms with Crippen molar-refractivity contribution in [3.8, 4) is 5.75 Å². The molecule has 1 aromatic carbocycles. The van der Waals surface area contributed by atoms with Gasteiger partial charge in [0.2, 0.25) is 0 Å². The van der Waals surface area contributed by atoms with Crippen LogP contribution in [-0.2, 0) is 12.6 Å². The van der Waals surface area contributed by atoms with Crippen molar-refractivity contribution in [2.75, 3.05) is 19.8 Å². The Balaban J connectivity index is 2.72. The summed E-state index contributed by atoms with van der Waals surface area (Å²) in [6.07, 6.45) is 3.60. The van der Waals surface area contributed by atoms with E-state index >= 15 is 0 Å². The van der Waals surface area contributed by atoms with Crippen LogP contribution in [0.1, 0.15) is 69.4 Å². The van der Waals surface area contributed by atoms with Gasteiger partial charge in [-0.1, -0.05) is 0 Å². The summed E-state index contributed by atoms with van der Waals surface area (Å²) in [5.74, 6) is 0.485. The van der Waals surface area contributed by atoms with Crippen LogP contribution in [-0.4, -0.2) is 59.9 Å². The van der Waals surface area contributed by atoms with Crippen LogP contribution < -0.4 is 10.5 Å². The van der Waals surface area contributed by atoms with E-state index in [1.165, 1.54) is 60.3 Å². The summed E-state index contributed by atoms with van der Waals surface area (Å²) >= 11 is 1.28. The molecule has 1 rings (SSSR count).